The molecule has 0 radical (unpaired) electrons. The molecule has 2 atom stereocenters. The van der Waals surface area contributed by atoms with Crippen molar-refractivity contribution >= 4 is 16.8 Å². The van der Waals surface area contributed by atoms with Crippen LogP contribution in [-0.4, -0.2) is 35.7 Å². The summed E-state index contributed by atoms with van der Waals surface area (Å²) >= 11 is 0. The molecule has 1 aliphatic heterocycles. The zero-order valence-electron chi connectivity index (χ0n) is 11.3. The molecule has 0 saturated carbocycles. The lowest BCUT2D eigenvalue weighted by atomic mass is 10.1. The van der Waals surface area contributed by atoms with Crippen LogP contribution >= 0.6 is 0 Å². The van der Waals surface area contributed by atoms with Crippen molar-refractivity contribution in [2.45, 2.75) is 32.0 Å². The molecule has 1 aromatic carbocycles. The van der Waals surface area contributed by atoms with Gasteiger partial charge in [-0.3, -0.25) is 4.90 Å². The number of nitrogen functional groups attached to an aromatic ring is 1. The molecule has 1 aliphatic rings. The Balaban J connectivity index is 1.77. The molecule has 1 aromatic heterocycles. The van der Waals surface area contributed by atoms with Crippen LogP contribution in [0.25, 0.3) is 11.1 Å². The fourth-order valence-corrected chi connectivity index (χ4v) is 2.69. The molecule has 0 amide bonds. The van der Waals surface area contributed by atoms with E-state index in [1.54, 1.807) is 0 Å². The maximum absolute atomic E-state index is 5.74. The summed E-state index contributed by atoms with van der Waals surface area (Å²) in [6.07, 6.45) is 1.33. The molecule has 2 aromatic rings. The SMILES string of the molecule is CC1OCCC1N(C)Cc1nc2cc(N)ccc2o1. The summed E-state index contributed by atoms with van der Waals surface area (Å²) in [7, 11) is 2.08. The average molecular weight is 261 g/mol. The Morgan fingerprint density at radius 3 is 3.05 bits per heavy atom. The third-order valence-electron chi connectivity index (χ3n) is 3.74. The van der Waals surface area contributed by atoms with Crippen molar-refractivity contribution in [2.75, 3.05) is 19.4 Å². The number of likely N-dealkylation sites (N-methyl/N-ethyl adjacent to an activating group) is 1. The molecule has 2 N–H and O–H groups in total. The van der Waals surface area contributed by atoms with Gasteiger partial charge in [0.05, 0.1) is 12.6 Å². The number of aromatic nitrogens is 1. The van der Waals surface area contributed by atoms with Gasteiger partial charge < -0.3 is 14.9 Å². The highest BCUT2D eigenvalue weighted by Gasteiger charge is 2.28. The lowest BCUT2D eigenvalue weighted by Crippen LogP contribution is -2.36. The molecule has 0 aliphatic carbocycles. The average Bonchev–Trinajstić information content (AvgIpc) is 2.94. The van der Waals surface area contributed by atoms with Gasteiger partial charge in [-0.2, -0.15) is 0 Å². The Morgan fingerprint density at radius 2 is 2.32 bits per heavy atom. The van der Waals surface area contributed by atoms with Crippen LogP contribution < -0.4 is 5.73 Å². The number of rotatable bonds is 3. The van der Waals surface area contributed by atoms with E-state index in [2.05, 4.69) is 23.9 Å². The fourth-order valence-electron chi connectivity index (χ4n) is 2.69. The van der Waals surface area contributed by atoms with E-state index in [-0.39, 0.29) is 6.10 Å². The Kier molecular flexibility index (Phi) is 3.16. The first-order chi connectivity index (χ1) is 9.13. The summed E-state index contributed by atoms with van der Waals surface area (Å²) in [5, 5.41) is 0. The molecule has 0 spiro atoms. The molecule has 19 heavy (non-hydrogen) atoms. The number of anilines is 1. The molecule has 5 nitrogen and oxygen atoms in total. The summed E-state index contributed by atoms with van der Waals surface area (Å²) in [5.74, 6) is 0.724. The highest BCUT2D eigenvalue weighted by molar-refractivity contribution is 5.76. The minimum Gasteiger partial charge on any atom is -0.439 e. The first kappa shape index (κ1) is 12.4. The lowest BCUT2D eigenvalue weighted by molar-refractivity contribution is 0.0788. The molecule has 1 fully saturated rings. The summed E-state index contributed by atoms with van der Waals surface area (Å²) in [6.45, 7) is 3.63. The molecule has 0 bridgehead atoms. The number of fused-ring (bicyclic) bond motifs is 1. The first-order valence-electron chi connectivity index (χ1n) is 6.60. The zero-order chi connectivity index (χ0) is 13.4. The van der Waals surface area contributed by atoms with Gasteiger partial charge in [0.1, 0.15) is 5.52 Å². The second-order valence-electron chi connectivity index (χ2n) is 5.18. The molecule has 102 valence electrons. The van der Waals surface area contributed by atoms with Crippen molar-refractivity contribution in [3.05, 3.63) is 24.1 Å². The summed E-state index contributed by atoms with van der Waals surface area (Å²) < 4.78 is 11.3. The van der Waals surface area contributed by atoms with Crippen LogP contribution in [0.1, 0.15) is 19.2 Å². The van der Waals surface area contributed by atoms with Crippen molar-refractivity contribution in [1.82, 2.24) is 9.88 Å². The van der Waals surface area contributed by atoms with Crippen LogP contribution in [0, 0.1) is 0 Å². The van der Waals surface area contributed by atoms with Crippen LogP contribution in [0.2, 0.25) is 0 Å². The molecule has 2 unspecified atom stereocenters. The number of oxazole rings is 1. The van der Waals surface area contributed by atoms with Gasteiger partial charge in [-0.15, -0.1) is 0 Å². The predicted molar refractivity (Wildman–Crippen MR) is 73.7 cm³/mol. The highest BCUT2D eigenvalue weighted by Crippen LogP contribution is 2.22. The predicted octanol–water partition coefficient (Wildman–Crippen LogP) is 2.02. The number of hydrogen-bond acceptors (Lipinski definition) is 5. The van der Waals surface area contributed by atoms with Crippen molar-refractivity contribution in [3.8, 4) is 0 Å². The van der Waals surface area contributed by atoms with Gasteiger partial charge in [-0.25, -0.2) is 4.98 Å². The second kappa shape index (κ2) is 4.83. The third-order valence-corrected chi connectivity index (χ3v) is 3.74. The Bertz CT molecular complexity index is 581. The van der Waals surface area contributed by atoms with E-state index in [1.807, 2.05) is 18.2 Å². The van der Waals surface area contributed by atoms with Gasteiger partial charge in [0, 0.05) is 18.3 Å². The van der Waals surface area contributed by atoms with E-state index in [0.717, 1.165) is 30.0 Å². The van der Waals surface area contributed by atoms with E-state index < -0.39 is 0 Å². The van der Waals surface area contributed by atoms with E-state index in [4.69, 9.17) is 14.9 Å². The minimum absolute atomic E-state index is 0.269. The summed E-state index contributed by atoms with van der Waals surface area (Å²) in [4.78, 5) is 6.72. The molecule has 2 heterocycles. The van der Waals surface area contributed by atoms with Crippen molar-refractivity contribution in [3.63, 3.8) is 0 Å². The molecular weight excluding hydrogens is 242 g/mol. The zero-order valence-corrected chi connectivity index (χ0v) is 11.3. The maximum atomic E-state index is 5.74. The quantitative estimate of drug-likeness (QED) is 0.856. The highest BCUT2D eigenvalue weighted by atomic mass is 16.5. The van der Waals surface area contributed by atoms with Gasteiger partial charge in [0.15, 0.2) is 5.58 Å². The first-order valence-corrected chi connectivity index (χ1v) is 6.60. The smallest absolute Gasteiger partial charge is 0.209 e. The Morgan fingerprint density at radius 1 is 1.47 bits per heavy atom. The van der Waals surface area contributed by atoms with Crippen LogP contribution in [0.3, 0.4) is 0 Å². The Labute approximate surface area is 112 Å². The molecule has 1 saturated heterocycles. The summed E-state index contributed by atoms with van der Waals surface area (Å²) in [6, 6.07) is 5.96. The van der Waals surface area contributed by atoms with Crippen molar-refractivity contribution in [1.29, 1.82) is 0 Å². The van der Waals surface area contributed by atoms with E-state index in [0.29, 0.717) is 18.3 Å². The molecule has 5 heteroatoms. The number of benzene rings is 1. The number of ether oxygens (including phenoxy) is 1. The van der Waals surface area contributed by atoms with Gasteiger partial charge >= 0.3 is 0 Å². The number of nitrogens with zero attached hydrogens (tertiary/aromatic N) is 2. The second-order valence-corrected chi connectivity index (χ2v) is 5.18. The van der Waals surface area contributed by atoms with E-state index >= 15 is 0 Å². The minimum atomic E-state index is 0.269. The Hall–Kier alpha value is -1.59. The van der Waals surface area contributed by atoms with Gasteiger partial charge in [-0.05, 0) is 38.6 Å². The van der Waals surface area contributed by atoms with Gasteiger partial charge in [0.25, 0.3) is 0 Å². The van der Waals surface area contributed by atoms with Crippen LogP contribution in [-0.2, 0) is 11.3 Å². The topological polar surface area (TPSA) is 64.5 Å². The van der Waals surface area contributed by atoms with E-state index in [1.165, 1.54) is 0 Å². The number of nitrogens with two attached hydrogens (primary N) is 1. The largest absolute Gasteiger partial charge is 0.439 e. The van der Waals surface area contributed by atoms with Crippen molar-refractivity contribution in [2.24, 2.45) is 0 Å². The van der Waals surface area contributed by atoms with Crippen LogP contribution in [0.4, 0.5) is 5.69 Å². The molecular formula is C14H19N3O2. The van der Waals surface area contributed by atoms with Crippen molar-refractivity contribution < 1.29 is 9.15 Å². The monoisotopic (exact) mass is 261 g/mol. The van der Waals surface area contributed by atoms with Gasteiger partial charge in [-0.1, -0.05) is 0 Å². The van der Waals surface area contributed by atoms with Gasteiger partial charge in [0.2, 0.25) is 5.89 Å². The van der Waals surface area contributed by atoms with Crippen LogP contribution in [0.5, 0.6) is 0 Å². The fraction of sp³-hybridized carbons (Fsp3) is 0.500. The van der Waals surface area contributed by atoms with Crippen LogP contribution in [0.15, 0.2) is 22.6 Å². The maximum Gasteiger partial charge on any atom is 0.209 e. The molecule has 3 rings (SSSR count). The lowest BCUT2D eigenvalue weighted by Gasteiger charge is -2.24. The summed E-state index contributed by atoms with van der Waals surface area (Å²) in [5.41, 5.74) is 8.05. The standard InChI is InChI=1S/C14H19N3O2/c1-9-12(5-6-18-9)17(2)8-14-16-11-7-10(15)3-4-13(11)19-14/h3-4,7,9,12H,5-6,8,15H2,1-2H3. The van der Waals surface area contributed by atoms with E-state index in [9.17, 15) is 0 Å². The number of hydrogen-bond donors (Lipinski definition) is 1. The third kappa shape index (κ3) is 2.43. The normalized spacial score (nSPS) is 23.5.